The summed E-state index contributed by atoms with van der Waals surface area (Å²) in [6.45, 7) is 3.66. The number of nitrogens with zero attached hydrogens (tertiary/aromatic N) is 2. The molecule has 6 heteroatoms. The molecule has 5 nitrogen and oxygen atoms in total. The molecule has 0 bridgehead atoms. The predicted molar refractivity (Wildman–Crippen MR) is 91.4 cm³/mol. The Morgan fingerprint density at radius 1 is 1.50 bits per heavy atom. The van der Waals surface area contributed by atoms with Crippen molar-refractivity contribution in [1.82, 2.24) is 4.90 Å². The summed E-state index contributed by atoms with van der Waals surface area (Å²) in [7, 11) is 0. The topological polar surface area (TPSA) is 73.6 Å². The lowest BCUT2D eigenvalue weighted by atomic mass is 10.1. The predicted octanol–water partition coefficient (Wildman–Crippen LogP) is 2.92. The van der Waals surface area contributed by atoms with E-state index in [2.05, 4.69) is 0 Å². The molecular weight excluding hydrogens is 395 g/mol. The molecule has 0 radical (unpaired) electrons. The molecule has 1 aromatic carbocycles. The Morgan fingerprint density at radius 3 is 2.77 bits per heavy atom. The van der Waals surface area contributed by atoms with Crippen LogP contribution in [0.25, 0.3) is 6.08 Å². The van der Waals surface area contributed by atoms with Crippen LogP contribution < -0.4 is 4.74 Å². The van der Waals surface area contributed by atoms with Crippen LogP contribution in [0.3, 0.4) is 0 Å². The van der Waals surface area contributed by atoms with Gasteiger partial charge in [0.25, 0.3) is 5.91 Å². The summed E-state index contributed by atoms with van der Waals surface area (Å²) in [6, 6.07) is 5.33. The number of benzene rings is 1. The fourth-order valence-corrected chi connectivity index (χ4v) is 2.97. The van der Waals surface area contributed by atoms with Crippen molar-refractivity contribution in [3.63, 3.8) is 0 Å². The summed E-state index contributed by atoms with van der Waals surface area (Å²) < 4.78 is 5.98. The monoisotopic (exact) mass is 412 g/mol. The minimum atomic E-state index is -0.235. The van der Waals surface area contributed by atoms with Gasteiger partial charge in [0.05, 0.1) is 10.2 Å². The molecular formula is C16H17IN2O3. The maximum absolute atomic E-state index is 12.3. The van der Waals surface area contributed by atoms with Gasteiger partial charge < -0.3 is 14.7 Å². The Hall–Kier alpha value is -1.75. The van der Waals surface area contributed by atoms with Crippen LogP contribution in [0, 0.1) is 14.9 Å². The van der Waals surface area contributed by atoms with Gasteiger partial charge in [-0.25, -0.2) is 0 Å². The number of rotatable bonds is 4. The minimum Gasteiger partial charge on any atom is -0.504 e. The molecule has 0 aliphatic carbocycles. The summed E-state index contributed by atoms with van der Waals surface area (Å²) >= 11 is 1.99. The van der Waals surface area contributed by atoms with Gasteiger partial charge in [-0.05, 0) is 66.1 Å². The Morgan fingerprint density at radius 2 is 2.18 bits per heavy atom. The molecule has 0 unspecified atom stereocenters. The molecule has 0 atom stereocenters. The molecule has 2 rings (SSSR count). The fourth-order valence-electron chi connectivity index (χ4n) is 2.34. The molecule has 0 aromatic heterocycles. The van der Waals surface area contributed by atoms with E-state index in [0.29, 0.717) is 34.6 Å². The summed E-state index contributed by atoms with van der Waals surface area (Å²) in [5, 5.41) is 19.2. The molecule has 116 valence electrons. The van der Waals surface area contributed by atoms with E-state index in [1.165, 1.54) is 0 Å². The number of nitriles is 1. The average molecular weight is 412 g/mol. The lowest BCUT2D eigenvalue weighted by molar-refractivity contribution is -0.125. The molecule has 1 aromatic rings. The molecule has 0 saturated carbocycles. The van der Waals surface area contributed by atoms with Gasteiger partial charge in [0.2, 0.25) is 0 Å². The highest BCUT2D eigenvalue weighted by Crippen LogP contribution is 2.33. The first kappa shape index (κ1) is 16.6. The van der Waals surface area contributed by atoms with Crippen LogP contribution in [0.15, 0.2) is 17.7 Å². The smallest absolute Gasteiger partial charge is 0.264 e. The molecule has 1 aliphatic rings. The van der Waals surface area contributed by atoms with Crippen molar-refractivity contribution in [3.05, 3.63) is 26.8 Å². The van der Waals surface area contributed by atoms with Crippen molar-refractivity contribution < 1.29 is 14.6 Å². The first-order chi connectivity index (χ1) is 10.6. The van der Waals surface area contributed by atoms with Crippen molar-refractivity contribution in [3.8, 4) is 17.6 Å². The maximum Gasteiger partial charge on any atom is 0.264 e. The van der Waals surface area contributed by atoms with Gasteiger partial charge in [-0.2, -0.15) is 5.26 Å². The number of hydrogen-bond donors (Lipinski definition) is 1. The molecule has 22 heavy (non-hydrogen) atoms. The molecule has 0 spiro atoms. The number of halogens is 1. The minimum absolute atomic E-state index is 0.0731. The van der Waals surface area contributed by atoms with E-state index in [1.54, 1.807) is 23.1 Å². The van der Waals surface area contributed by atoms with Crippen LogP contribution >= 0.6 is 22.6 Å². The van der Waals surface area contributed by atoms with E-state index in [-0.39, 0.29) is 17.2 Å². The lowest BCUT2D eigenvalue weighted by Gasteiger charge is -2.14. The van der Waals surface area contributed by atoms with Crippen LogP contribution in [-0.4, -0.2) is 35.6 Å². The Bertz CT molecular complexity index is 644. The van der Waals surface area contributed by atoms with Crippen molar-refractivity contribution >= 4 is 34.6 Å². The second-order valence-corrected chi connectivity index (χ2v) is 6.11. The van der Waals surface area contributed by atoms with Gasteiger partial charge in [-0.3, -0.25) is 4.79 Å². The third-order valence-corrected chi connectivity index (χ3v) is 4.23. The number of phenols is 1. The average Bonchev–Trinajstić information content (AvgIpc) is 3.03. The zero-order chi connectivity index (χ0) is 16.1. The van der Waals surface area contributed by atoms with E-state index >= 15 is 0 Å². The van der Waals surface area contributed by atoms with Gasteiger partial charge in [0.15, 0.2) is 11.5 Å². The Balaban J connectivity index is 2.33. The van der Waals surface area contributed by atoms with Crippen LogP contribution in [0.5, 0.6) is 11.5 Å². The second kappa shape index (κ2) is 7.49. The highest BCUT2D eigenvalue weighted by molar-refractivity contribution is 14.1. The number of likely N-dealkylation sites (tertiary alicyclic amines) is 1. The summed E-state index contributed by atoms with van der Waals surface area (Å²) in [4.78, 5) is 14.0. The highest BCUT2D eigenvalue weighted by atomic mass is 127. The van der Waals surface area contributed by atoms with E-state index in [4.69, 9.17) is 4.74 Å². The van der Waals surface area contributed by atoms with Gasteiger partial charge in [0.1, 0.15) is 11.6 Å². The molecule has 1 aliphatic heterocycles. The van der Waals surface area contributed by atoms with Crippen molar-refractivity contribution in [2.75, 3.05) is 19.7 Å². The number of carbonyl (C=O) groups is 1. The van der Waals surface area contributed by atoms with Crippen LogP contribution in [0.2, 0.25) is 0 Å². The van der Waals surface area contributed by atoms with Crippen molar-refractivity contribution in [1.29, 1.82) is 5.26 Å². The SMILES string of the molecule is CCOc1cc(/C=C(\C#N)C(=O)N2CCCC2)cc(I)c1O. The van der Waals surface area contributed by atoms with Crippen molar-refractivity contribution in [2.45, 2.75) is 19.8 Å². The third kappa shape index (κ3) is 3.71. The summed E-state index contributed by atoms with van der Waals surface area (Å²) in [6.07, 6.45) is 3.51. The van der Waals surface area contributed by atoms with E-state index in [1.807, 2.05) is 35.6 Å². The second-order valence-electron chi connectivity index (χ2n) is 4.95. The molecule has 1 fully saturated rings. The zero-order valence-electron chi connectivity index (χ0n) is 12.3. The van der Waals surface area contributed by atoms with E-state index in [9.17, 15) is 15.2 Å². The highest BCUT2D eigenvalue weighted by Gasteiger charge is 2.21. The third-order valence-electron chi connectivity index (χ3n) is 3.41. The molecule has 1 heterocycles. The van der Waals surface area contributed by atoms with E-state index < -0.39 is 0 Å². The number of phenolic OH excluding ortho intramolecular Hbond substituents is 1. The Labute approximate surface area is 143 Å². The maximum atomic E-state index is 12.3. The van der Waals surface area contributed by atoms with Gasteiger partial charge >= 0.3 is 0 Å². The quantitative estimate of drug-likeness (QED) is 0.469. The first-order valence-electron chi connectivity index (χ1n) is 7.13. The number of ether oxygens (including phenoxy) is 1. The molecule has 1 N–H and O–H groups in total. The number of carbonyl (C=O) groups excluding carboxylic acids is 1. The van der Waals surface area contributed by atoms with E-state index in [0.717, 1.165) is 12.8 Å². The Kier molecular flexibility index (Phi) is 5.66. The summed E-state index contributed by atoms with van der Waals surface area (Å²) in [5.41, 5.74) is 0.764. The van der Waals surface area contributed by atoms with Gasteiger partial charge in [0, 0.05) is 13.1 Å². The van der Waals surface area contributed by atoms with Crippen LogP contribution in [0.1, 0.15) is 25.3 Å². The molecule has 1 amide bonds. The first-order valence-corrected chi connectivity index (χ1v) is 8.21. The van der Waals surface area contributed by atoms with Crippen LogP contribution in [-0.2, 0) is 4.79 Å². The van der Waals surface area contributed by atoms with Crippen LogP contribution in [0.4, 0.5) is 0 Å². The van der Waals surface area contributed by atoms with Crippen molar-refractivity contribution in [2.24, 2.45) is 0 Å². The summed E-state index contributed by atoms with van der Waals surface area (Å²) in [5.74, 6) is 0.191. The van der Waals surface area contributed by atoms with Gasteiger partial charge in [-0.15, -0.1) is 0 Å². The number of aromatic hydroxyl groups is 1. The molecule has 1 saturated heterocycles. The number of hydrogen-bond acceptors (Lipinski definition) is 4. The zero-order valence-corrected chi connectivity index (χ0v) is 14.5. The van der Waals surface area contributed by atoms with Gasteiger partial charge in [-0.1, -0.05) is 0 Å². The normalized spacial score (nSPS) is 14.8. The standard InChI is InChI=1S/C16H17IN2O3/c1-2-22-14-9-11(8-13(17)15(14)20)7-12(10-18)16(21)19-5-3-4-6-19/h7-9,20H,2-6H2,1H3/b12-7+. The largest absolute Gasteiger partial charge is 0.504 e. The fraction of sp³-hybridized carbons (Fsp3) is 0.375. The lowest BCUT2D eigenvalue weighted by Crippen LogP contribution is -2.28. The number of amides is 1.